The summed E-state index contributed by atoms with van der Waals surface area (Å²) in [6.45, 7) is 0. The van der Waals surface area contributed by atoms with Crippen LogP contribution in [0.5, 0.6) is 0 Å². The highest BCUT2D eigenvalue weighted by Gasteiger charge is 2.04. The molecular formula is C13H18N10O2S. The van der Waals surface area contributed by atoms with Crippen molar-refractivity contribution in [2.75, 3.05) is 25.7 Å². The number of nitrogens with zero attached hydrogens (tertiary/aromatic N) is 4. The SMILES string of the molecule is CN.CNc1nc2nc[nH]c2c(=O)[nH]1.CSc1nc2nc[nH]c2c(=O)[nH]1. The fraction of sp³-hybridized carbons (Fsp3) is 0.231. The topological polar surface area (TPSA) is 187 Å². The summed E-state index contributed by atoms with van der Waals surface area (Å²) < 4.78 is 0. The molecule has 0 aliphatic heterocycles. The van der Waals surface area contributed by atoms with Crippen molar-refractivity contribution in [1.29, 1.82) is 0 Å². The Kier molecular flexibility index (Phi) is 6.46. The molecule has 0 saturated carbocycles. The molecule has 4 aromatic rings. The van der Waals surface area contributed by atoms with Crippen molar-refractivity contribution in [3.63, 3.8) is 0 Å². The van der Waals surface area contributed by atoms with Crippen LogP contribution in [0.15, 0.2) is 27.4 Å². The normalized spacial score (nSPS) is 10.0. The van der Waals surface area contributed by atoms with Crippen LogP contribution in [0.3, 0.4) is 0 Å². The standard InChI is InChI=1S/C6H7N5O.C6H6N4OS.CH5N/c1-7-6-10-4-3(5(12)11-6)8-2-9-4;1-12-6-9-4-3(5(11)10-6)7-2-8-4;1-2/h2H,1H3,(H3,7,8,9,10,11,12);2H,1H3,(H2,7,8,9,10,11);2H2,1H3. The number of thioether (sulfide) groups is 1. The molecule has 13 heteroatoms. The predicted octanol–water partition coefficient (Wildman–Crippen LogP) is -0.369. The van der Waals surface area contributed by atoms with Gasteiger partial charge in [-0.25, -0.2) is 15.0 Å². The van der Waals surface area contributed by atoms with E-state index in [4.69, 9.17) is 0 Å². The molecule has 0 fully saturated rings. The van der Waals surface area contributed by atoms with Crippen LogP contribution in [0.25, 0.3) is 22.3 Å². The molecule has 138 valence electrons. The molecule has 0 radical (unpaired) electrons. The second kappa shape index (κ2) is 8.77. The van der Waals surface area contributed by atoms with E-state index in [2.05, 4.69) is 50.9 Å². The summed E-state index contributed by atoms with van der Waals surface area (Å²) in [7, 11) is 3.18. The molecule has 0 saturated heterocycles. The first kappa shape index (κ1) is 19.1. The van der Waals surface area contributed by atoms with Gasteiger partial charge in [0.1, 0.15) is 0 Å². The molecule has 0 atom stereocenters. The zero-order chi connectivity index (χ0) is 19.1. The third-order valence-electron chi connectivity index (χ3n) is 3.00. The highest BCUT2D eigenvalue weighted by atomic mass is 32.2. The Morgan fingerprint density at radius 1 is 0.962 bits per heavy atom. The smallest absolute Gasteiger partial charge is 0.278 e. The van der Waals surface area contributed by atoms with E-state index in [1.807, 2.05) is 6.26 Å². The van der Waals surface area contributed by atoms with Gasteiger partial charge in [-0.2, -0.15) is 4.98 Å². The quantitative estimate of drug-likeness (QED) is 0.200. The second-order valence-corrected chi connectivity index (χ2v) is 5.24. The van der Waals surface area contributed by atoms with Gasteiger partial charge in [0.2, 0.25) is 5.95 Å². The summed E-state index contributed by atoms with van der Waals surface area (Å²) in [6, 6.07) is 0. The van der Waals surface area contributed by atoms with E-state index in [1.165, 1.54) is 31.5 Å². The van der Waals surface area contributed by atoms with Gasteiger partial charge in [0.05, 0.1) is 12.7 Å². The molecule has 0 aliphatic rings. The van der Waals surface area contributed by atoms with Crippen LogP contribution in [0.2, 0.25) is 0 Å². The summed E-state index contributed by atoms with van der Waals surface area (Å²) >= 11 is 1.38. The fourth-order valence-electron chi connectivity index (χ4n) is 1.88. The number of nitrogens with two attached hydrogens (primary N) is 1. The van der Waals surface area contributed by atoms with E-state index in [0.29, 0.717) is 33.4 Å². The number of H-pyrrole nitrogens is 4. The van der Waals surface area contributed by atoms with Gasteiger partial charge in [-0.1, -0.05) is 11.8 Å². The highest BCUT2D eigenvalue weighted by molar-refractivity contribution is 7.98. The number of anilines is 1. The first-order valence-corrected chi connectivity index (χ1v) is 8.51. The first-order chi connectivity index (χ1) is 12.6. The molecule has 0 amide bonds. The van der Waals surface area contributed by atoms with Crippen LogP contribution in [0.4, 0.5) is 5.95 Å². The second-order valence-electron chi connectivity index (χ2n) is 4.44. The lowest BCUT2D eigenvalue weighted by Gasteiger charge is -1.95. The molecule has 0 bridgehead atoms. The van der Waals surface area contributed by atoms with Gasteiger partial charge in [-0.3, -0.25) is 19.6 Å². The van der Waals surface area contributed by atoms with Crippen molar-refractivity contribution in [1.82, 2.24) is 39.9 Å². The fourth-order valence-corrected chi connectivity index (χ4v) is 2.25. The molecule has 26 heavy (non-hydrogen) atoms. The minimum Gasteiger partial charge on any atom is -0.359 e. The van der Waals surface area contributed by atoms with E-state index in [1.54, 1.807) is 7.05 Å². The number of hydrogen-bond donors (Lipinski definition) is 6. The van der Waals surface area contributed by atoms with Crippen molar-refractivity contribution in [2.45, 2.75) is 5.16 Å². The molecule has 4 aromatic heterocycles. The third kappa shape index (κ3) is 4.07. The summed E-state index contributed by atoms with van der Waals surface area (Å²) in [5.41, 5.74) is 5.80. The lowest BCUT2D eigenvalue weighted by Crippen LogP contribution is -2.11. The summed E-state index contributed by atoms with van der Waals surface area (Å²) in [5, 5.41) is 3.31. The van der Waals surface area contributed by atoms with Crippen molar-refractivity contribution < 1.29 is 0 Å². The van der Waals surface area contributed by atoms with Crippen LogP contribution in [-0.2, 0) is 0 Å². The maximum Gasteiger partial charge on any atom is 0.278 e. The number of hydrogen-bond acceptors (Lipinski definition) is 9. The molecule has 0 aliphatic carbocycles. The number of rotatable bonds is 2. The number of imidazole rings is 2. The predicted molar refractivity (Wildman–Crippen MR) is 100 cm³/mol. The average molecular weight is 378 g/mol. The van der Waals surface area contributed by atoms with Crippen molar-refractivity contribution in [2.24, 2.45) is 5.73 Å². The minimum absolute atomic E-state index is 0.179. The van der Waals surface area contributed by atoms with Crippen LogP contribution >= 0.6 is 11.8 Å². The largest absolute Gasteiger partial charge is 0.359 e. The van der Waals surface area contributed by atoms with Gasteiger partial charge < -0.3 is 21.0 Å². The summed E-state index contributed by atoms with van der Waals surface area (Å²) in [6.07, 6.45) is 4.74. The molecular weight excluding hydrogens is 360 g/mol. The Bertz CT molecular complexity index is 1010. The van der Waals surface area contributed by atoms with E-state index >= 15 is 0 Å². The van der Waals surface area contributed by atoms with Crippen LogP contribution in [-0.4, -0.2) is 60.2 Å². The summed E-state index contributed by atoms with van der Waals surface area (Å²) in [4.78, 5) is 48.8. The van der Waals surface area contributed by atoms with E-state index < -0.39 is 0 Å². The maximum atomic E-state index is 11.2. The Balaban J connectivity index is 0.000000171. The Hall–Kier alpha value is -3.19. The number of aromatic nitrogens is 8. The Morgan fingerprint density at radius 2 is 1.50 bits per heavy atom. The van der Waals surface area contributed by atoms with Crippen LogP contribution in [0, 0.1) is 0 Å². The minimum atomic E-state index is -0.221. The van der Waals surface area contributed by atoms with Gasteiger partial charge >= 0.3 is 0 Å². The molecule has 7 N–H and O–H groups in total. The maximum absolute atomic E-state index is 11.2. The molecule has 4 heterocycles. The van der Waals surface area contributed by atoms with Crippen molar-refractivity contribution >= 4 is 40.0 Å². The highest BCUT2D eigenvalue weighted by Crippen LogP contribution is 2.07. The van der Waals surface area contributed by atoms with Gasteiger partial charge in [-0.15, -0.1) is 0 Å². The van der Waals surface area contributed by atoms with Gasteiger partial charge in [-0.05, 0) is 13.3 Å². The van der Waals surface area contributed by atoms with Crippen molar-refractivity contribution in [3.05, 3.63) is 33.4 Å². The van der Waals surface area contributed by atoms with Crippen molar-refractivity contribution in [3.8, 4) is 0 Å². The summed E-state index contributed by atoms with van der Waals surface area (Å²) in [5.74, 6) is 0.416. The molecule has 4 rings (SSSR count). The average Bonchev–Trinajstić information content (AvgIpc) is 3.33. The Morgan fingerprint density at radius 3 is 2.04 bits per heavy atom. The molecule has 0 aromatic carbocycles. The van der Waals surface area contributed by atoms with E-state index in [-0.39, 0.29) is 11.1 Å². The number of fused-ring (bicyclic) bond motifs is 2. The molecule has 0 spiro atoms. The lowest BCUT2D eigenvalue weighted by molar-refractivity contribution is 0.968. The zero-order valence-electron chi connectivity index (χ0n) is 14.2. The molecule has 0 unspecified atom stereocenters. The lowest BCUT2D eigenvalue weighted by atomic mass is 10.5. The molecule has 12 nitrogen and oxygen atoms in total. The van der Waals surface area contributed by atoms with Gasteiger partial charge in [0, 0.05) is 7.05 Å². The number of nitrogens with one attached hydrogen (secondary N) is 5. The van der Waals surface area contributed by atoms with Crippen LogP contribution < -0.4 is 22.2 Å². The van der Waals surface area contributed by atoms with Gasteiger partial charge in [0.15, 0.2) is 27.5 Å². The Labute approximate surface area is 150 Å². The van der Waals surface area contributed by atoms with Crippen LogP contribution in [0.1, 0.15) is 0 Å². The number of aromatic amines is 4. The monoisotopic (exact) mass is 378 g/mol. The third-order valence-corrected chi connectivity index (χ3v) is 3.58. The van der Waals surface area contributed by atoms with Gasteiger partial charge in [0.25, 0.3) is 11.1 Å². The van der Waals surface area contributed by atoms with E-state index in [9.17, 15) is 9.59 Å². The van der Waals surface area contributed by atoms with E-state index in [0.717, 1.165) is 0 Å². The first-order valence-electron chi connectivity index (χ1n) is 7.28. The zero-order valence-corrected chi connectivity index (χ0v) is 15.1.